The van der Waals surface area contributed by atoms with Crippen LogP contribution in [0, 0.1) is 5.21 Å². The van der Waals surface area contributed by atoms with E-state index in [0.717, 1.165) is 25.0 Å². The van der Waals surface area contributed by atoms with Crippen molar-refractivity contribution in [3.8, 4) is 0 Å². The topological polar surface area (TPSA) is 51.7 Å². The fourth-order valence-electron chi connectivity index (χ4n) is 2.53. The second-order valence-electron chi connectivity index (χ2n) is 5.95. The highest BCUT2D eigenvalue weighted by atomic mass is 16.5. The van der Waals surface area contributed by atoms with E-state index < -0.39 is 0 Å². The lowest BCUT2D eigenvalue weighted by atomic mass is 10.1. The van der Waals surface area contributed by atoms with Crippen molar-refractivity contribution in [2.45, 2.75) is 90.4 Å². The average molecular weight is 287 g/mol. The highest BCUT2D eigenvalue weighted by Crippen LogP contribution is 2.11. The molecule has 20 heavy (non-hydrogen) atoms. The van der Waals surface area contributed by atoms with Gasteiger partial charge in [-0.1, -0.05) is 77.6 Å². The van der Waals surface area contributed by atoms with E-state index in [1.54, 1.807) is 0 Å². The van der Waals surface area contributed by atoms with Gasteiger partial charge in [0.1, 0.15) is 0 Å². The number of nitrogens with two attached hydrogens (primary N) is 1. The molecule has 0 bridgehead atoms. The summed E-state index contributed by atoms with van der Waals surface area (Å²) < 4.78 is 0. The highest BCUT2D eigenvalue weighted by Gasteiger charge is 1.93. The van der Waals surface area contributed by atoms with Crippen LogP contribution in [-0.2, 0) is 0 Å². The normalized spacial score (nSPS) is 11.1. The molecule has 0 heterocycles. The third-order valence-corrected chi connectivity index (χ3v) is 3.88. The Morgan fingerprint density at radius 2 is 1.10 bits per heavy atom. The third kappa shape index (κ3) is 17.9. The van der Waals surface area contributed by atoms with E-state index in [0.29, 0.717) is 6.54 Å². The fourth-order valence-corrected chi connectivity index (χ4v) is 2.53. The maximum atomic E-state index is 10.1. The van der Waals surface area contributed by atoms with E-state index in [1.807, 2.05) is 0 Å². The number of nitrogens with one attached hydrogen (secondary N) is 1. The van der Waals surface area contributed by atoms with E-state index in [4.69, 9.17) is 0 Å². The summed E-state index contributed by atoms with van der Waals surface area (Å²) in [6, 6.07) is 0. The SMILES string of the molecule is CCCCCCCCCCCCCCNCCC[NH2+][O-]. The summed E-state index contributed by atoms with van der Waals surface area (Å²) in [5, 5.41) is 13.5. The van der Waals surface area contributed by atoms with Crippen molar-refractivity contribution in [1.29, 1.82) is 0 Å². The highest BCUT2D eigenvalue weighted by molar-refractivity contribution is 4.51. The van der Waals surface area contributed by atoms with Gasteiger partial charge in [0.15, 0.2) is 0 Å². The van der Waals surface area contributed by atoms with E-state index in [1.165, 1.54) is 77.0 Å². The fraction of sp³-hybridized carbons (Fsp3) is 1.00. The van der Waals surface area contributed by atoms with E-state index >= 15 is 0 Å². The lowest BCUT2D eigenvalue weighted by molar-refractivity contribution is -0.588. The molecule has 0 unspecified atom stereocenters. The van der Waals surface area contributed by atoms with Crippen LogP contribution in [-0.4, -0.2) is 19.6 Å². The predicted molar refractivity (Wildman–Crippen MR) is 88.7 cm³/mol. The number of hydrogen-bond donors (Lipinski definition) is 2. The van der Waals surface area contributed by atoms with E-state index in [9.17, 15) is 5.21 Å². The van der Waals surface area contributed by atoms with Crippen LogP contribution in [0.1, 0.15) is 90.4 Å². The van der Waals surface area contributed by atoms with Crippen LogP contribution in [0.2, 0.25) is 0 Å². The summed E-state index contributed by atoms with van der Waals surface area (Å²) in [5.41, 5.74) is 1.01. The Labute approximate surface area is 126 Å². The van der Waals surface area contributed by atoms with Crippen molar-refractivity contribution >= 4 is 0 Å². The molecule has 0 atom stereocenters. The van der Waals surface area contributed by atoms with Gasteiger partial charge in [-0.2, -0.15) is 0 Å². The summed E-state index contributed by atoms with van der Waals surface area (Å²) in [6.45, 7) is 5.10. The molecule has 0 saturated heterocycles. The molecule has 0 spiro atoms. The smallest absolute Gasteiger partial charge is 0.0764 e. The summed E-state index contributed by atoms with van der Waals surface area (Å²) in [5.74, 6) is 0. The molecule has 0 fully saturated rings. The van der Waals surface area contributed by atoms with Crippen LogP contribution in [0.3, 0.4) is 0 Å². The first-order valence-electron chi connectivity index (χ1n) is 9.06. The molecule has 0 aliphatic heterocycles. The Morgan fingerprint density at radius 3 is 1.60 bits per heavy atom. The van der Waals surface area contributed by atoms with Gasteiger partial charge in [0.25, 0.3) is 0 Å². The number of unbranched alkanes of at least 4 members (excludes halogenated alkanes) is 11. The molecular weight excluding hydrogens is 248 g/mol. The maximum absolute atomic E-state index is 10.1. The van der Waals surface area contributed by atoms with Crippen LogP contribution in [0.25, 0.3) is 0 Å². The molecule has 0 aromatic carbocycles. The quantitative estimate of drug-likeness (QED) is 0.316. The molecule has 0 rings (SSSR count). The van der Waals surface area contributed by atoms with Gasteiger partial charge in [-0.3, -0.25) is 0 Å². The number of hydroxylamine groups is 1. The first-order chi connectivity index (χ1) is 9.91. The second-order valence-corrected chi connectivity index (χ2v) is 5.95. The lowest BCUT2D eigenvalue weighted by Gasteiger charge is -2.05. The van der Waals surface area contributed by atoms with E-state index in [-0.39, 0.29) is 0 Å². The molecule has 0 radical (unpaired) electrons. The molecule has 0 aliphatic rings. The molecule has 3 nitrogen and oxygen atoms in total. The zero-order valence-corrected chi connectivity index (χ0v) is 13.8. The van der Waals surface area contributed by atoms with Crippen LogP contribution in [0.5, 0.6) is 0 Å². The van der Waals surface area contributed by atoms with Crippen molar-refractivity contribution in [1.82, 2.24) is 5.32 Å². The molecular formula is C17H38N2O. The molecule has 0 saturated carbocycles. The first kappa shape index (κ1) is 19.9. The minimum Gasteiger partial charge on any atom is -0.636 e. The molecule has 0 aromatic rings. The Balaban J connectivity index is 2.89. The zero-order valence-electron chi connectivity index (χ0n) is 13.8. The van der Waals surface area contributed by atoms with Crippen molar-refractivity contribution in [3.63, 3.8) is 0 Å². The summed E-state index contributed by atoms with van der Waals surface area (Å²) >= 11 is 0. The molecule has 3 heteroatoms. The first-order valence-corrected chi connectivity index (χ1v) is 9.06. The lowest BCUT2D eigenvalue weighted by Crippen LogP contribution is -2.77. The number of rotatable bonds is 17. The van der Waals surface area contributed by atoms with Gasteiger partial charge in [-0.15, -0.1) is 0 Å². The third-order valence-electron chi connectivity index (χ3n) is 3.88. The van der Waals surface area contributed by atoms with Crippen LogP contribution in [0.15, 0.2) is 0 Å². The van der Waals surface area contributed by atoms with Gasteiger partial charge in [0, 0.05) is 13.0 Å². The van der Waals surface area contributed by atoms with Gasteiger partial charge in [-0.25, -0.2) is 0 Å². The molecule has 122 valence electrons. The summed E-state index contributed by atoms with van der Waals surface area (Å²) in [6.07, 6.45) is 17.9. The Hall–Kier alpha value is -0.120. The van der Waals surface area contributed by atoms with Crippen LogP contribution < -0.4 is 10.8 Å². The monoisotopic (exact) mass is 286 g/mol. The van der Waals surface area contributed by atoms with Crippen molar-refractivity contribution < 1.29 is 5.48 Å². The second kappa shape index (κ2) is 18.9. The number of hydrogen-bond acceptors (Lipinski definition) is 2. The number of quaternary nitrogens is 1. The van der Waals surface area contributed by atoms with Gasteiger partial charge in [0.05, 0.1) is 6.54 Å². The van der Waals surface area contributed by atoms with Crippen LogP contribution in [0.4, 0.5) is 0 Å². The van der Waals surface area contributed by atoms with Gasteiger partial charge < -0.3 is 16.0 Å². The van der Waals surface area contributed by atoms with E-state index in [2.05, 4.69) is 12.2 Å². The van der Waals surface area contributed by atoms with Gasteiger partial charge in [0.2, 0.25) is 0 Å². The maximum Gasteiger partial charge on any atom is 0.0764 e. The molecule has 0 aliphatic carbocycles. The minimum absolute atomic E-state index is 0.700. The average Bonchev–Trinajstić information content (AvgIpc) is 2.47. The summed E-state index contributed by atoms with van der Waals surface area (Å²) in [4.78, 5) is 0. The minimum atomic E-state index is 0.700. The standard InChI is InChI=1S/C17H38N2O/c1-2-3-4-5-6-7-8-9-10-11-12-13-15-18-16-14-17-19-20/h18H,2-17,19H2,1H3. The molecule has 3 N–H and O–H groups in total. The Morgan fingerprint density at radius 1 is 0.650 bits per heavy atom. The predicted octanol–water partition coefficient (Wildman–Crippen LogP) is 3.73. The van der Waals surface area contributed by atoms with Gasteiger partial charge in [-0.05, 0) is 13.0 Å². The van der Waals surface area contributed by atoms with Crippen molar-refractivity contribution in [3.05, 3.63) is 5.21 Å². The van der Waals surface area contributed by atoms with Gasteiger partial charge >= 0.3 is 0 Å². The Bertz CT molecular complexity index is 147. The van der Waals surface area contributed by atoms with Crippen molar-refractivity contribution in [2.75, 3.05) is 19.6 Å². The molecule has 0 amide bonds. The van der Waals surface area contributed by atoms with Crippen LogP contribution >= 0.6 is 0 Å². The molecule has 0 aromatic heterocycles. The summed E-state index contributed by atoms with van der Waals surface area (Å²) in [7, 11) is 0. The Kier molecular flexibility index (Phi) is 18.8. The zero-order chi connectivity index (χ0) is 14.7. The van der Waals surface area contributed by atoms with Crippen molar-refractivity contribution in [2.24, 2.45) is 0 Å². The largest absolute Gasteiger partial charge is 0.636 e.